The molecule has 0 spiro atoms. The predicted octanol–water partition coefficient (Wildman–Crippen LogP) is 1.84. The van der Waals surface area contributed by atoms with Crippen molar-refractivity contribution < 1.29 is 4.79 Å². The molecule has 2 nitrogen and oxygen atoms in total. The Kier molecular flexibility index (Phi) is 2.19. The van der Waals surface area contributed by atoms with Crippen LogP contribution in [0.4, 0.5) is 0 Å². The quantitative estimate of drug-likeness (QED) is 0.702. The predicted molar refractivity (Wildman–Crippen MR) is 56.6 cm³/mol. The smallest absolute Gasteiger partial charge is 0.241 e. The van der Waals surface area contributed by atoms with Crippen LogP contribution in [-0.2, 0) is 4.79 Å². The Hall–Kier alpha value is -1.83. The molecule has 1 aliphatic carbocycles. The summed E-state index contributed by atoms with van der Waals surface area (Å²) in [5.41, 5.74) is 7.48. The van der Waals surface area contributed by atoms with Gasteiger partial charge in [-0.2, -0.15) is 0 Å². The van der Waals surface area contributed by atoms with Crippen LogP contribution in [0.1, 0.15) is 17.0 Å². The lowest BCUT2D eigenvalue weighted by atomic mass is 10.0. The van der Waals surface area contributed by atoms with Gasteiger partial charge in [0.15, 0.2) is 0 Å². The van der Waals surface area contributed by atoms with Gasteiger partial charge >= 0.3 is 0 Å². The summed E-state index contributed by atoms with van der Waals surface area (Å²) in [5, 5.41) is 0. The minimum atomic E-state index is -0.400. The average molecular weight is 185 g/mol. The first-order valence-electron chi connectivity index (χ1n) is 4.52. The van der Waals surface area contributed by atoms with Gasteiger partial charge in [0.05, 0.1) is 0 Å². The number of rotatable bonds is 2. The maximum absolute atomic E-state index is 10.6. The van der Waals surface area contributed by atoms with E-state index in [2.05, 4.69) is 24.3 Å². The number of hydrogen-bond donors (Lipinski definition) is 1. The average Bonchev–Trinajstić information content (AvgIpc) is 2.58. The summed E-state index contributed by atoms with van der Waals surface area (Å²) in [4.78, 5) is 10.6. The lowest BCUT2D eigenvalue weighted by Gasteiger charge is -2.04. The number of fused-ring (bicyclic) bond motifs is 1. The summed E-state index contributed by atoms with van der Waals surface area (Å²) in [7, 11) is 0. The van der Waals surface area contributed by atoms with Gasteiger partial charge < -0.3 is 5.73 Å². The molecule has 2 N–H and O–H groups in total. The first-order chi connectivity index (χ1) is 6.77. The molecule has 1 aliphatic rings. The second-order valence-corrected chi connectivity index (χ2v) is 3.28. The third kappa shape index (κ3) is 1.59. The largest absolute Gasteiger partial charge is 0.366 e. The molecule has 0 aromatic heterocycles. The Labute approximate surface area is 82.7 Å². The fourth-order valence-corrected chi connectivity index (χ4v) is 1.64. The van der Waals surface area contributed by atoms with Gasteiger partial charge in [-0.25, -0.2) is 0 Å². The van der Waals surface area contributed by atoms with Gasteiger partial charge in [-0.1, -0.05) is 42.5 Å². The van der Waals surface area contributed by atoms with Crippen molar-refractivity contribution in [1.82, 2.24) is 0 Å². The molecule has 1 unspecified atom stereocenters. The zero-order valence-corrected chi connectivity index (χ0v) is 7.68. The molecule has 2 heteroatoms. The number of carbonyl (C=O) groups excluding carboxylic acids is 1. The normalized spacial score (nSPS) is 18.7. The van der Waals surface area contributed by atoms with Crippen LogP contribution in [0.3, 0.4) is 0 Å². The topological polar surface area (TPSA) is 43.1 Å². The highest BCUT2D eigenvalue weighted by Crippen LogP contribution is 2.30. The van der Waals surface area contributed by atoms with E-state index in [1.165, 1.54) is 17.2 Å². The molecule has 0 saturated carbocycles. The van der Waals surface area contributed by atoms with Gasteiger partial charge in [0.1, 0.15) is 0 Å². The number of amides is 1. The van der Waals surface area contributed by atoms with E-state index in [-0.39, 0.29) is 5.92 Å². The molecule has 0 aliphatic heterocycles. The van der Waals surface area contributed by atoms with Gasteiger partial charge in [-0.3, -0.25) is 4.79 Å². The summed E-state index contributed by atoms with van der Waals surface area (Å²) in [5.74, 6) is -0.207. The second-order valence-electron chi connectivity index (χ2n) is 3.28. The maximum atomic E-state index is 10.6. The van der Waals surface area contributed by atoms with Crippen LogP contribution < -0.4 is 5.73 Å². The van der Waals surface area contributed by atoms with Gasteiger partial charge in [-0.05, 0) is 17.2 Å². The Morgan fingerprint density at radius 2 is 2.14 bits per heavy atom. The van der Waals surface area contributed by atoms with Crippen molar-refractivity contribution in [3.05, 3.63) is 53.6 Å². The van der Waals surface area contributed by atoms with Crippen LogP contribution in [0.15, 0.2) is 42.5 Å². The van der Waals surface area contributed by atoms with E-state index in [9.17, 15) is 4.79 Å². The van der Waals surface area contributed by atoms with Crippen molar-refractivity contribution in [2.45, 2.75) is 5.92 Å². The molecule has 1 atom stereocenters. The second kappa shape index (κ2) is 3.50. The molecule has 0 bridgehead atoms. The number of nitrogens with two attached hydrogens (primary N) is 1. The minimum absolute atomic E-state index is 0.193. The Morgan fingerprint density at radius 1 is 1.36 bits per heavy atom. The zero-order valence-electron chi connectivity index (χ0n) is 7.68. The SMILES string of the molecule is NC(=O)C=CC1C=Cc2ccccc21. The van der Waals surface area contributed by atoms with Gasteiger partial charge in [0, 0.05) is 5.92 Å². The number of carbonyl (C=O) groups is 1. The number of primary amides is 1. The summed E-state index contributed by atoms with van der Waals surface area (Å²) in [6.45, 7) is 0. The Balaban J connectivity index is 2.27. The standard InChI is InChI=1S/C12H11NO/c13-12(14)8-7-10-6-5-9-3-1-2-4-11(9)10/h1-8,10H,(H2,13,14). The van der Waals surface area contributed by atoms with E-state index in [0.29, 0.717) is 0 Å². The molecule has 0 fully saturated rings. The summed E-state index contributed by atoms with van der Waals surface area (Å²) in [6, 6.07) is 8.12. The van der Waals surface area contributed by atoms with Crippen LogP contribution in [0, 0.1) is 0 Å². The first kappa shape index (κ1) is 8.75. The number of benzene rings is 1. The lowest BCUT2D eigenvalue weighted by molar-refractivity contribution is -0.113. The van der Waals surface area contributed by atoms with E-state index >= 15 is 0 Å². The summed E-state index contributed by atoms with van der Waals surface area (Å²) in [6.07, 6.45) is 7.36. The van der Waals surface area contributed by atoms with E-state index in [1.807, 2.05) is 18.2 Å². The molecule has 1 aromatic rings. The summed E-state index contributed by atoms with van der Waals surface area (Å²) < 4.78 is 0. The molecule has 0 saturated heterocycles. The monoisotopic (exact) mass is 185 g/mol. The molecular formula is C12H11NO. The van der Waals surface area contributed by atoms with E-state index in [1.54, 1.807) is 0 Å². The third-order valence-corrected chi connectivity index (χ3v) is 2.31. The lowest BCUT2D eigenvalue weighted by Crippen LogP contribution is -2.06. The molecule has 14 heavy (non-hydrogen) atoms. The highest BCUT2D eigenvalue weighted by atomic mass is 16.1. The van der Waals surface area contributed by atoms with Crippen molar-refractivity contribution in [3.63, 3.8) is 0 Å². The molecular weight excluding hydrogens is 174 g/mol. The Morgan fingerprint density at radius 3 is 2.93 bits per heavy atom. The van der Waals surface area contributed by atoms with Crippen molar-refractivity contribution in [3.8, 4) is 0 Å². The van der Waals surface area contributed by atoms with Crippen LogP contribution in [0.2, 0.25) is 0 Å². The zero-order chi connectivity index (χ0) is 9.97. The fourth-order valence-electron chi connectivity index (χ4n) is 1.64. The summed E-state index contributed by atoms with van der Waals surface area (Å²) >= 11 is 0. The van der Waals surface area contributed by atoms with Crippen molar-refractivity contribution >= 4 is 12.0 Å². The first-order valence-corrected chi connectivity index (χ1v) is 4.52. The van der Waals surface area contributed by atoms with Crippen molar-refractivity contribution in [2.24, 2.45) is 5.73 Å². The van der Waals surface area contributed by atoms with Crippen LogP contribution >= 0.6 is 0 Å². The highest BCUT2D eigenvalue weighted by molar-refractivity contribution is 5.86. The molecule has 1 amide bonds. The molecule has 2 rings (SSSR count). The van der Waals surface area contributed by atoms with Crippen LogP contribution in [0.25, 0.3) is 6.08 Å². The fraction of sp³-hybridized carbons (Fsp3) is 0.0833. The van der Waals surface area contributed by atoms with E-state index in [4.69, 9.17) is 5.73 Å². The van der Waals surface area contributed by atoms with Gasteiger partial charge in [0.25, 0.3) is 0 Å². The van der Waals surface area contributed by atoms with Gasteiger partial charge in [0.2, 0.25) is 5.91 Å². The molecule has 0 heterocycles. The van der Waals surface area contributed by atoms with Crippen molar-refractivity contribution in [1.29, 1.82) is 0 Å². The Bertz CT molecular complexity index is 418. The molecule has 0 radical (unpaired) electrons. The van der Waals surface area contributed by atoms with E-state index < -0.39 is 5.91 Å². The molecule has 1 aromatic carbocycles. The molecule has 70 valence electrons. The highest BCUT2D eigenvalue weighted by Gasteiger charge is 2.13. The van der Waals surface area contributed by atoms with Gasteiger partial charge in [-0.15, -0.1) is 0 Å². The van der Waals surface area contributed by atoms with E-state index in [0.717, 1.165) is 0 Å². The number of allylic oxidation sites excluding steroid dienone is 2. The van der Waals surface area contributed by atoms with Crippen LogP contribution in [-0.4, -0.2) is 5.91 Å². The maximum Gasteiger partial charge on any atom is 0.241 e. The van der Waals surface area contributed by atoms with Crippen LogP contribution in [0.5, 0.6) is 0 Å². The third-order valence-electron chi connectivity index (χ3n) is 2.31. The minimum Gasteiger partial charge on any atom is -0.366 e. The van der Waals surface area contributed by atoms with Crippen molar-refractivity contribution in [2.75, 3.05) is 0 Å². The number of hydrogen-bond acceptors (Lipinski definition) is 1.